The van der Waals surface area contributed by atoms with Gasteiger partial charge in [-0.25, -0.2) is 18.0 Å². The lowest BCUT2D eigenvalue weighted by molar-refractivity contribution is 0.0377. The summed E-state index contributed by atoms with van der Waals surface area (Å²) >= 11 is 0. The Morgan fingerprint density at radius 2 is 1.86 bits per heavy atom. The maximum absolute atomic E-state index is 14.9. The van der Waals surface area contributed by atoms with E-state index in [1.54, 1.807) is 11.0 Å². The lowest BCUT2D eigenvalue weighted by atomic mass is 9.87. The normalized spacial score (nSPS) is 26.9. The fourth-order valence-corrected chi connectivity index (χ4v) is 6.01. The summed E-state index contributed by atoms with van der Waals surface area (Å²) in [4.78, 5) is 19.8. The SMILES string of the molecule is CN1CCC(N(C(=O)N2CC(c3cc(F)ccc3F)=C[C@@]2(CO)c2ccccc2)C2CCC2)CC(F)C1. The fraction of sp³-hybridized carbons (Fsp3) is 0.483. The zero-order valence-electron chi connectivity index (χ0n) is 21.1. The average Bonchev–Trinajstić information content (AvgIpc) is 3.18. The first kappa shape index (κ1) is 25.8. The number of aliphatic hydroxyl groups is 1. The van der Waals surface area contributed by atoms with Gasteiger partial charge in [0.05, 0.1) is 6.61 Å². The van der Waals surface area contributed by atoms with Crippen molar-refractivity contribution in [2.45, 2.75) is 55.9 Å². The third-order valence-corrected chi connectivity index (χ3v) is 8.21. The molecule has 0 radical (unpaired) electrons. The molecular formula is C29H34F3N3O2. The molecule has 1 aliphatic carbocycles. The standard InChI is InChI=1S/C29H34F3N3O2/c1-33-13-12-25(14-23(31)18-33)35(24-8-5-9-24)28(37)34-17-20(26-15-22(30)10-11-27(26)32)16-29(34,19-36)21-6-3-2-4-7-21/h2-4,6-7,10-11,15-16,23-25,36H,5,8-9,12-14,17-19H2,1H3/t23?,25?,29-/m1/s1. The summed E-state index contributed by atoms with van der Waals surface area (Å²) in [5.41, 5.74) is -0.0828. The molecule has 8 heteroatoms. The quantitative estimate of drug-likeness (QED) is 0.615. The molecule has 2 unspecified atom stereocenters. The first-order chi connectivity index (χ1) is 17.8. The summed E-state index contributed by atoms with van der Waals surface area (Å²) in [6.07, 6.45) is 4.26. The number of urea groups is 1. The van der Waals surface area contributed by atoms with Crippen LogP contribution in [-0.2, 0) is 5.54 Å². The van der Waals surface area contributed by atoms with Crippen molar-refractivity contribution in [1.82, 2.24) is 14.7 Å². The lowest BCUT2D eigenvalue weighted by Gasteiger charge is -2.47. The fourth-order valence-electron chi connectivity index (χ4n) is 6.01. The number of aliphatic hydroxyl groups excluding tert-OH is 1. The Bertz CT molecular complexity index is 1160. The summed E-state index contributed by atoms with van der Waals surface area (Å²) in [5.74, 6) is -1.17. The molecular weight excluding hydrogens is 479 g/mol. The van der Waals surface area contributed by atoms with Crippen molar-refractivity contribution in [2.24, 2.45) is 0 Å². The molecule has 2 fully saturated rings. The van der Waals surface area contributed by atoms with E-state index in [1.807, 2.05) is 47.2 Å². The van der Waals surface area contributed by atoms with Gasteiger partial charge in [0.2, 0.25) is 0 Å². The Labute approximate surface area is 216 Å². The van der Waals surface area contributed by atoms with Gasteiger partial charge >= 0.3 is 6.03 Å². The molecule has 2 heterocycles. The van der Waals surface area contributed by atoms with Crippen LogP contribution in [0.1, 0.15) is 43.2 Å². The van der Waals surface area contributed by atoms with Gasteiger partial charge in [0.15, 0.2) is 0 Å². The largest absolute Gasteiger partial charge is 0.393 e. The van der Waals surface area contributed by atoms with E-state index in [9.17, 15) is 23.1 Å². The lowest BCUT2D eigenvalue weighted by Crippen LogP contribution is -2.59. The van der Waals surface area contributed by atoms with Crippen LogP contribution >= 0.6 is 0 Å². The van der Waals surface area contributed by atoms with Crippen LogP contribution in [0, 0.1) is 11.6 Å². The van der Waals surface area contributed by atoms with Crippen molar-refractivity contribution in [1.29, 1.82) is 0 Å². The zero-order valence-corrected chi connectivity index (χ0v) is 21.1. The number of hydrogen-bond acceptors (Lipinski definition) is 3. The van der Waals surface area contributed by atoms with Crippen molar-refractivity contribution < 1.29 is 23.1 Å². The van der Waals surface area contributed by atoms with Crippen LogP contribution in [0.5, 0.6) is 0 Å². The van der Waals surface area contributed by atoms with Crippen molar-refractivity contribution in [3.8, 4) is 0 Å². The summed E-state index contributed by atoms with van der Waals surface area (Å²) in [7, 11) is 1.89. The molecule has 198 valence electrons. The van der Waals surface area contributed by atoms with Gasteiger partial charge < -0.3 is 19.8 Å². The van der Waals surface area contributed by atoms with Crippen LogP contribution in [0.3, 0.4) is 0 Å². The molecule has 3 aliphatic rings. The van der Waals surface area contributed by atoms with Crippen LogP contribution in [0.4, 0.5) is 18.0 Å². The number of nitrogens with zero attached hydrogens (tertiary/aromatic N) is 3. The summed E-state index contributed by atoms with van der Waals surface area (Å²) in [6, 6.07) is 11.8. The second kappa shape index (κ2) is 10.5. The van der Waals surface area contributed by atoms with Crippen LogP contribution in [0.2, 0.25) is 0 Å². The van der Waals surface area contributed by atoms with E-state index in [1.165, 1.54) is 0 Å². The van der Waals surface area contributed by atoms with Crippen molar-refractivity contribution in [3.63, 3.8) is 0 Å². The van der Waals surface area contributed by atoms with Crippen LogP contribution < -0.4 is 0 Å². The number of hydrogen-bond donors (Lipinski definition) is 1. The highest BCUT2D eigenvalue weighted by molar-refractivity contribution is 5.84. The molecule has 1 N–H and O–H groups in total. The Kier molecular flexibility index (Phi) is 7.32. The van der Waals surface area contributed by atoms with Gasteiger partial charge in [-0.1, -0.05) is 30.3 Å². The second-order valence-electron chi connectivity index (χ2n) is 10.6. The first-order valence-electron chi connectivity index (χ1n) is 13.1. The summed E-state index contributed by atoms with van der Waals surface area (Å²) < 4.78 is 43.8. The maximum Gasteiger partial charge on any atom is 0.321 e. The molecule has 2 aromatic carbocycles. The van der Waals surface area contributed by atoms with Gasteiger partial charge in [0.25, 0.3) is 0 Å². The molecule has 0 spiro atoms. The van der Waals surface area contributed by atoms with E-state index in [2.05, 4.69) is 0 Å². The predicted octanol–water partition coefficient (Wildman–Crippen LogP) is 4.96. The smallest absolute Gasteiger partial charge is 0.321 e. The van der Waals surface area contributed by atoms with Crippen molar-refractivity contribution in [3.05, 3.63) is 77.4 Å². The van der Waals surface area contributed by atoms with E-state index < -0.39 is 30.0 Å². The summed E-state index contributed by atoms with van der Waals surface area (Å²) in [6.45, 7) is 0.593. The minimum Gasteiger partial charge on any atom is -0.393 e. The Morgan fingerprint density at radius 1 is 1.11 bits per heavy atom. The molecule has 1 saturated heterocycles. The van der Waals surface area contributed by atoms with E-state index in [-0.39, 0.29) is 36.6 Å². The number of alkyl halides is 1. The minimum absolute atomic E-state index is 0.00353. The molecule has 37 heavy (non-hydrogen) atoms. The minimum atomic E-state index is -1.26. The highest BCUT2D eigenvalue weighted by Crippen LogP contribution is 2.43. The van der Waals surface area contributed by atoms with Crippen LogP contribution in [-0.4, -0.2) is 77.4 Å². The topological polar surface area (TPSA) is 47.0 Å². The van der Waals surface area contributed by atoms with Crippen LogP contribution in [0.25, 0.3) is 5.57 Å². The van der Waals surface area contributed by atoms with Gasteiger partial charge in [-0.3, -0.25) is 0 Å². The van der Waals surface area contributed by atoms with Gasteiger partial charge in [0.1, 0.15) is 23.3 Å². The highest BCUT2D eigenvalue weighted by atomic mass is 19.1. The zero-order chi connectivity index (χ0) is 26.2. The number of likely N-dealkylation sites (tertiary alicyclic amines) is 1. The van der Waals surface area contributed by atoms with E-state index in [0.29, 0.717) is 30.6 Å². The molecule has 2 amide bonds. The molecule has 0 bridgehead atoms. The van der Waals surface area contributed by atoms with Crippen molar-refractivity contribution in [2.75, 3.05) is 33.3 Å². The van der Waals surface area contributed by atoms with Crippen molar-refractivity contribution >= 4 is 11.6 Å². The molecule has 1 saturated carbocycles. The monoisotopic (exact) mass is 513 g/mol. The molecule has 3 atom stereocenters. The first-order valence-corrected chi connectivity index (χ1v) is 13.1. The van der Waals surface area contributed by atoms with Gasteiger partial charge in [-0.05, 0) is 74.7 Å². The highest BCUT2D eigenvalue weighted by Gasteiger charge is 2.49. The molecule has 2 aromatic rings. The van der Waals surface area contributed by atoms with Crippen LogP contribution in [0.15, 0.2) is 54.6 Å². The third kappa shape index (κ3) is 4.89. The van der Waals surface area contributed by atoms with E-state index in [0.717, 1.165) is 37.5 Å². The molecule has 5 nitrogen and oxygen atoms in total. The average molecular weight is 514 g/mol. The Balaban J connectivity index is 1.57. The van der Waals surface area contributed by atoms with Gasteiger partial charge in [-0.2, -0.15) is 0 Å². The number of halogens is 3. The number of amides is 2. The predicted molar refractivity (Wildman–Crippen MR) is 137 cm³/mol. The van der Waals surface area contributed by atoms with E-state index >= 15 is 0 Å². The molecule has 2 aliphatic heterocycles. The summed E-state index contributed by atoms with van der Waals surface area (Å²) in [5, 5.41) is 10.8. The van der Waals surface area contributed by atoms with Gasteiger partial charge in [0, 0.05) is 37.2 Å². The number of benzene rings is 2. The second-order valence-corrected chi connectivity index (χ2v) is 10.6. The third-order valence-electron chi connectivity index (χ3n) is 8.21. The Hall–Kier alpha value is -2.84. The molecule has 5 rings (SSSR count). The number of rotatable bonds is 5. The maximum atomic E-state index is 14.9. The molecule has 0 aromatic heterocycles. The number of carbonyl (C=O) groups is 1. The van der Waals surface area contributed by atoms with Gasteiger partial charge in [-0.15, -0.1) is 0 Å². The van der Waals surface area contributed by atoms with E-state index in [4.69, 9.17) is 0 Å². The Morgan fingerprint density at radius 3 is 2.54 bits per heavy atom. The number of carbonyl (C=O) groups excluding carboxylic acids is 1.